The van der Waals surface area contributed by atoms with Crippen LogP contribution in [0.3, 0.4) is 0 Å². The molecule has 20 heavy (non-hydrogen) atoms. The number of aromatic nitrogens is 2. The third-order valence-electron chi connectivity index (χ3n) is 3.62. The number of carbonyl (C=O) groups excluding carboxylic acids is 1. The molecule has 0 aliphatic carbocycles. The lowest BCUT2D eigenvalue weighted by Gasteiger charge is -2.31. The Morgan fingerprint density at radius 1 is 1.45 bits per heavy atom. The number of nitrogens with two attached hydrogens (primary N) is 1. The second-order valence-corrected chi connectivity index (χ2v) is 5.41. The van der Waals surface area contributed by atoms with E-state index in [0.29, 0.717) is 30.3 Å². The van der Waals surface area contributed by atoms with Gasteiger partial charge in [-0.2, -0.15) is 0 Å². The number of hydrogen-bond acceptors (Lipinski definition) is 5. The fourth-order valence-corrected chi connectivity index (χ4v) is 2.30. The standard InChI is InChI=1S/C14H22N4O2/c1-9(2)13-16-8-11(15)12(17-13)14(19)18-6-4-10(20-3)5-7-18/h8-10H,4-7,15H2,1-3H3. The number of nitrogens with zero attached hydrogens (tertiary/aromatic N) is 3. The highest BCUT2D eigenvalue weighted by atomic mass is 16.5. The number of hydrogen-bond donors (Lipinski definition) is 1. The van der Waals surface area contributed by atoms with Gasteiger partial charge >= 0.3 is 0 Å². The van der Waals surface area contributed by atoms with Gasteiger partial charge in [0.15, 0.2) is 5.69 Å². The van der Waals surface area contributed by atoms with Gasteiger partial charge in [0.2, 0.25) is 0 Å². The lowest BCUT2D eigenvalue weighted by molar-refractivity contribution is 0.0348. The van der Waals surface area contributed by atoms with E-state index in [0.717, 1.165) is 12.8 Å². The molecule has 0 spiro atoms. The van der Waals surface area contributed by atoms with Crippen molar-refractivity contribution in [1.29, 1.82) is 0 Å². The minimum Gasteiger partial charge on any atom is -0.396 e. The molecule has 1 aliphatic heterocycles. The average molecular weight is 278 g/mol. The van der Waals surface area contributed by atoms with Gasteiger partial charge in [-0.1, -0.05) is 13.8 Å². The number of methoxy groups -OCH3 is 1. The van der Waals surface area contributed by atoms with Crippen LogP contribution in [0, 0.1) is 0 Å². The van der Waals surface area contributed by atoms with Crippen LogP contribution in [0.15, 0.2) is 6.20 Å². The predicted molar refractivity (Wildman–Crippen MR) is 76.5 cm³/mol. The Hall–Kier alpha value is -1.69. The molecule has 0 unspecified atom stereocenters. The fourth-order valence-electron chi connectivity index (χ4n) is 2.30. The lowest BCUT2D eigenvalue weighted by Crippen LogP contribution is -2.41. The van der Waals surface area contributed by atoms with Crippen LogP contribution >= 0.6 is 0 Å². The normalized spacial score (nSPS) is 16.7. The van der Waals surface area contributed by atoms with Crippen molar-refractivity contribution in [2.24, 2.45) is 0 Å². The molecule has 1 saturated heterocycles. The second kappa shape index (κ2) is 6.17. The minimum absolute atomic E-state index is 0.110. The van der Waals surface area contributed by atoms with E-state index < -0.39 is 0 Å². The van der Waals surface area contributed by atoms with Crippen LogP contribution in [0.5, 0.6) is 0 Å². The second-order valence-electron chi connectivity index (χ2n) is 5.41. The fraction of sp³-hybridized carbons (Fsp3) is 0.643. The van der Waals surface area contributed by atoms with Crippen molar-refractivity contribution in [2.75, 3.05) is 25.9 Å². The molecule has 1 aromatic heterocycles. The molecule has 1 aliphatic rings. The predicted octanol–water partition coefficient (Wildman–Crippen LogP) is 1.43. The zero-order valence-electron chi connectivity index (χ0n) is 12.3. The van der Waals surface area contributed by atoms with Crippen LogP contribution in [0.25, 0.3) is 0 Å². The summed E-state index contributed by atoms with van der Waals surface area (Å²) < 4.78 is 5.31. The lowest BCUT2D eigenvalue weighted by atomic mass is 10.1. The molecule has 1 fully saturated rings. The van der Waals surface area contributed by atoms with Gasteiger partial charge in [-0.25, -0.2) is 9.97 Å². The number of anilines is 1. The van der Waals surface area contributed by atoms with Crippen molar-refractivity contribution < 1.29 is 9.53 Å². The van der Waals surface area contributed by atoms with E-state index in [9.17, 15) is 4.79 Å². The summed E-state index contributed by atoms with van der Waals surface area (Å²) in [7, 11) is 1.71. The number of rotatable bonds is 3. The van der Waals surface area contributed by atoms with Crippen LogP contribution in [0.4, 0.5) is 5.69 Å². The van der Waals surface area contributed by atoms with Gasteiger partial charge in [-0.3, -0.25) is 4.79 Å². The SMILES string of the molecule is COC1CCN(C(=O)c2nc(C(C)C)ncc2N)CC1. The molecule has 1 aromatic rings. The molecule has 2 heterocycles. The van der Waals surface area contributed by atoms with E-state index in [4.69, 9.17) is 10.5 Å². The summed E-state index contributed by atoms with van der Waals surface area (Å²) in [6.45, 7) is 5.34. The van der Waals surface area contributed by atoms with Gasteiger partial charge in [0.25, 0.3) is 5.91 Å². The monoisotopic (exact) mass is 278 g/mol. The molecule has 0 bridgehead atoms. The van der Waals surface area contributed by atoms with Gasteiger partial charge in [0.05, 0.1) is 18.0 Å². The van der Waals surface area contributed by atoms with Gasteiger partial charge in [-0.15, -0.1) is 0 Å². The third kappa shape index (κ3) is 3.07. The number of likely N-dealkylation sites (tertiary alicyclic amines) is 1. The van der Waals surface area contributed by atoms with Gasteiger partial charge in [0, 0.05) is 26.1 Å². The van der Waals surface area contributed by atoms with Crippen molar-refractivity contribution in [1.82, 2.24) is 14.9 Å². The quantitative estimate of drug-likeness (QED) is 0.904. The topological polar surface area (TPSA) is 81.3 Å². The molecule has 2 N–H and O–H groups in total. The zero-order valence-corrected chi connectivity index (χ0v) is 12.3. The highest BCUT2D eigenvalue weighted by Crippen LogP contribution is 2.19. The molecule has 0 radical (unpaired) electrons. The maximum Gasteiger partial charge on any atom is 0.274 e. The van der Waals surface area contributed by atoms with E-state index in [1.807, 2.05) is 13.8 Å². The Balaban J connectivity index is 2.15. The molecule has 0 aromatic carbocycles. The number of carbonyl (C=O) groups is 1. The Labute approximate surface area is 119 Å². The van der Waals surface area contributed by atoms with Crippen molar-refractivity contribution in [2.45, 2.75) is 38.7 Å². The molecule has 2 rings (SSSR count). The Morgan fingerprint density at radius 3 is 2.65 bits per heavy atom. The Kier molecular flexibility index (Phi) is 4.54. The minimum atomic E-state index is -0.110. The molecule has 110 valence electrons. The van der Waals surface area contributed by atoms with Gasteiger partial charge in [0.1, 0.15) is 5.82 Å². The first-order chi connectivity index (χ1) is 9.52. The van der Waals surface area contributed by atoms with Crippen molar-refractivity contribution >= 4 is 11.6 Å². The molecular weight excluding hydrogens is 256 g/mol. The molecule has 1 amide bonds. The maximum absolute atomic E-state index is 12.5. The summed E-state index contributed by atoms with van der Waals surface area (Å²) in [6.07, 6.45) is 3.47. The number of nitrogen functional groups attached to an aromatic ring is 1. The van der Waals surface area contributed by atoms with Gasteiger partial charge < -0.3 is 15.4 Å². The molecule has 0 atom stereocenters. The van der Waals surface area contributed by atoms with Crippen molar-refractivity contribution in [3.63, 3.8) is 0 Å². The molecule has 6 heteroatoms. The highest BCUT2D eigenvalue weighted by molar-refractivity contribution is 5.97. The number of ether oxygens (including phenoxy) is 1. The van der Waals surface area contributed by atoms with Crippen LogP contribution < -0.4 is 5.73 Å². The first kappa shape index (κ1) is 14.7. The smallest absolute Gasteiger partial charge is 0.274 e. The summed E-state index contributed by atoms with van der Waals surface area (Å²) >= 11 is 0. The number of amides is 1. The summed E-state index contributed by atoms with van der Waals surface area (Å²) in [5.41, 5.74) is 6.51. The van der Waals surface area contributed by atoms with Crippen LogP contribution in [0.2, 0.25) is 0 Å². The Morgan fingerprint density at radius 2 is 2.10 bits per heavy atom. The zero-order chi connectivity index (χ0) is 14.7. The van der Waals surface area contributed by atoms with Crippen molar-refractivity contribution in [3.05, 3.63) is 17.7 Å². The maximum atomic E-state index is 12.5. The first-order valence-electron chi connectivity index (χ1n) is 6.97. The molecular formula is C14H22N4O2. The van der Waals surface area contributed by atoms with Gasteiger partial charge in [-0.05, 0) is 12.8 Å². The highest BCUT2D eigenvalue weighted by Gasteiger charge is 2.26. The Bertz CT molecular complexity index is 482. The molecule has 0 saturated carbocycles. The first-order valence-corrected chi connectivity index (χ1v) is 6.97. The summed E-state index contributed by atoms with van der Waals surface area (Å²) in [5.74, 6) is 0.706. The van der Waals surface area contributed by atoms with Crippen LogP contribution in [0.1, 0.15) is 48.9 Å². The van der Waals surface area contributed by atoms with E-state index >= 15 is 0 Å². The summed E-state index contributed by atoms with van der Waals surface area (Å²) in [6, 6.07) is 0. The summed E-state index contributed by atoms with van der Waals surface area (Å²) in [4.78, 5) is 22.8. The van der Waals surface area contributed by atoms with Crippen molar-refractivity contribution in [3.8, 4) is 0 Å². The van der Waals surface area contributed by atoms with Crippen LogP contribution in [-0.4, -0.2) is 47.1 Å². The third-order valence-corrected chi connectivity index (χ3v) is 3.62. The average Bonchev–Trinajstić information content (AvgIpc) is 2.47. The van der Waals surface area contributed by atoms with E-state index in [-0.39, 0.29) is 17.9 Å². The van der Waals surface area contributed by atoms with E-state index in [1.54, 1.807) is 12.0 Å². The van der Waals surface area contributed by atoms with E-state index in [1.165, 1.54) is 6.20 Å². The largest absolute Gasteiger partial charge is 0.396 e. The molecule has 6 nitrogen and oxygen atoms in total. The number of piperidine rings is 1. The van der Waals surface area contributed by atoms with E-state index in [2.05, 4.69) is 9.97 Å². The van der Waals surface area contributed by atoms with Crippen LogP contribution in [-0.2, 0) is 4.74 Å². The summed E-state index contributed by atoms with van der Waals surface area (Å²) in [5, 5.41) is 0.